The van der Waals surface area contributed by atoms with Crippen LogP contribution in [0, 0.1) is 0 Å². The van der Waals surface area contributed by atoms with Crippen molar-refractivity contribution >= 4 is 11.9 Å². The van der Waals surface area contributed by atoms with E-state index in [4.69, 9.17) is 19.8 Å². The Kier molecular flexibility index (Phi) is 9.09. The van der Waals surface area contributed by atoms with Crippen molar-refractivity contribution in [1.29, 1.82) is 0 Å². The summed E-state index contributed by atoms with van der Waals surface area (Å²) in [4.78, 5) is 20.3. The van der Waals surface area contributed by atoms with Crippen LogP contribution in [0.1, 0.15) is 24.8 Å². The first-order valence-electron chi connectivity index (χ1n) is 8.82. The van der Waals surface area contributed by atoms with Crippen molar-refractivity contribution in [2.75, 3.05) is 7.05 Å². The van der Waals surface area contributed by atoms with E-state index in [2.05, 4.69) is 47.6 Å². The molecular weight excluding hydrogens is 422 g/mol. The van der Waals surface area contributed by atoms with Crippen LogP contribution in [0.25, 0.3) is 0 Å². The molecule has 0 saturated carbocycles. The third kappa shape index (κ3) is 8.57. The Morgan fingerprint density at radius 3 is 1.80 bits per heavy atom. The molecule has 30 heavy (non-hydrogen) atoms. The Bertz CT molecular complexity index is 672. The second-order valence-corrected chi connectivity index (χ2v) is 6.86. The summed E-state index contributed by atoms with van der Waals surface area (Å²) in [6.07, 6.45) is -6.07. The number of hydrogen-bond donors (Lipinski definition) is 3. The fraction of sp³-hybridized carbons (Fsp3) is 0.556. The quantitative estimate of drug-likeness (QED) is 0.621. The zero-order chi connectivity index (χ0) is 23.1. The first-order chi connectivity index (χ1) is 13.7. The number of aliphatic carboxylic acids is 2. The first-order valence-corrected chi connectivity index (χ1v) is 8.82. The van der Waals surface area contributed by atoms with Gasteiger partial charge in [-0.2, -0.15) is 26.3 Å². The molecule has 2 fully saturated rings. The Morgan fingerprint density at radius 2 is 1.47 bits per heavy atom. The number of halogens is 6. The van der Waals surface area contributed by atoms with Crippen molar-refractivity contribution in [2.45, 2.75) is 56.3 Å². The minimum Gasteiger partial charge on any atom is -0.475 e. The smallest absolute Gasteiger partial charge is 0.475 e. The highest BCUT2D eigenvalue weighted by atomic mass is 19.4. The molecule has 0 amide bonds. The molecule has 6 nitrogen and oxygen atoms in total. The summed E-state index contributed by atoms with van der Waals surface area (Å²) in [7, 11) is 2.26. The van der Waals surface area contributed by atoms with Gasteiger partial charge in [0.1, 0.15) is 0 Å². The number of alkyl halides is 6. The molecule has 0 aromatic heterocycles. The number of carboxylic acids is 2. The topological polar surface area (TPSA) is 89.9 Å². The number of nitrogens with zero attached hydrogens (tertiary/aromatic N) is 1. The van der Waals surface area contributed by atoms with Gasteiger partial charge in [-0.25, -0.2) is 9.59 Å². The molecule has 2 aliphatic heterocycles. The first kappa shape index (κ1) is 25.7. The zero-order valence-electron chi connectivity index (χ0n) is 15.9. The van der Waals surface area contributed by atoms with Crippen molar-refractivity contribution in [3.05, 3.63) is 35.9 Å². The van der Waals surface area contributed by atoms with E-state index in [-0.39, 0.29) is 0 Å². The monoisotopic (exact) mass is 444 g/mol. The van der Waals surface area contributed by atoms with Crippen molar-refractivity contribution in [2.24, 2.45) is 0 Å². The van der Waals surface area contributed by atoms with Crippen LogP contribution in [0.3, 0.4) is 0 Å². The predicted molar refractivity (Wildman–Crippen MR) is 93.6 cm³/mol. The summed E-state index contributed by atoms with van der Waals surface area (Å²) in [6.45, 7) is 1.08. The largest absolute Gasteiger partial charge is 0.490 e. The van der Waals surface area contributed by atoms with Gasteiger partial charge in [-0.05, 0) is 31.9 Å². The highest BCUT2D eigenvalue weighted by Gasteiger charge is 2.41. The van der Waals surface area contributed by atoms with Crippen LogP contribution in [-0.4, -0.2) is 64.6 Å². The van der Waals surface area contributed by atoms with E-state index in [0.717, 1.165) is 24.7 Å². The molecule has 2 aliphatic rings. The number of benzene rings is 1. The van der Waals surface area contributed by atoms with Gasteiger partial charge in [0.2, 0.25) is 0 Å². The van der Waals surface area contributed by atoms with Gasteiger partial charge in [0.15, 0.2) is 0 Å². The number of carbonyl (C=O) groups is 2. The van der Waals surface area contributed by atoms with E-state index in [1.54, 1.807) is 0 Å². The SMILES string of the molecule is CN(Cc1ccccc1)[C@@H]1CC2CCC1N2.O=C(O)C(F)(F)F.O=C(O)C(F)(F)F. The molecule has 3 N–H and O–H groups in total. The minimum atomic E-state index is -5.08. The third-order valence-corrected chi connectivity index (χ3v) is 4.59. The lowest BCUT2D eigenvalue weighted by molar-refractivity contribution is -0.193. The van der Waals surface area contributed by atoms with E-state index >= 15 is 0 Å². The lowest BCUT2D eigenvalue weighted by atomic mass is 9.94. The highest BCUT2D eigenvalue weighted by molar-refractivity contribution is 5.73. The molecule has 0 aliphatic carbocycles. The lowest BCUT2D eigenvalue weighted by Gasteiger charge is -2.30. The van der Waals surface area contributed by atoms with Crippen LogP contribution >= 0.6 is 0 Å². The van der Waals surface area contributed by atoms with Gasteiger partial charge in [-0.3, -0.25) is 4.90 Å². The van der Waals surface area contributed by atoms with Gasteiger partial charge < -0.3 is 15.5 Å². The third-order valence-electron chi connectivity index (χ3n) is 4.59. The normalized spacial score (nSPS) is 22.6. The summed E-state index contributed by atoms with van der Waals surface area (Å²) in [5, 5.41) is 18.0. The molecule has 2 saturated heterocycles. The molecule has 3 atom stereocenters. The fourth-order valence-corrected chi connectivity index (χ4v) is 3.27. The number of nitrogens with one attached hydrogen (secondary N) is 1. The summed E-state index contributed by atoms with van der Waals surface area (Å²) in [5.74, 6) is -5.51. The van der Waals surface area contributed by atoms with E-state index in [1.165, 1.54) is 24.8 Å². The van der Waals surface area contributed by atoms with Gasteiger partial charge >= 0.3 is 24.3 Å². The van der Waals surface area contributed by atoms with Crippen LogP contribution in [0.15, 0.2) is 30.3 Å². The Balaban J connectivity index is 0.000000271. The van der Waals surface area contributed by atoms with Gasteiger partial charge in [-0.15, -0.1) is 0 Å². The fourth-order valence-electron chi connectivity index (χ4n) is 3.27. The van der Waals surface area contributed by atoms with Crippen LogP contribution in [-0.2, 0) is 16.1 Å². The zero-order valence-corrected chi connectivity index (χ0v) is 15.9. The summed E-state index contributed by atoms with van der Waals surface area (Å²) >= 11 is 0. The summed E-state index contributed by atoms with van der Waals surface area (Å²) in [5.41, 5.74) is 1.42. The Hall–Kier alpha value is -2.34. The van der Waals surface area contributed by atoms with Crippen molar-refractivity contribution in [1.82, 2.24) is 10.2 Å². The number of fused-ring (bicyclic) bond motifs is 2. The Morgan fingerprint density at radius 1 is 1.00 bits per heavy atom. The van der Waals surface area contributed by atoms with Crippen molar-refractivity contribution in [3.8, 4) is 0 Å². The number of carboxylic acid groups (broad SMARTS) is 2. The maximum absolute atomic E-state index is 10.6. The lowest BCUT2D eigenvalue weighted by Crippen LogP contribution is -2.40. The second-order valence-electron chi connectivity index (χ2n) is 6.86. The maximum atomic E-state index is 10.6. The van der Waals surface area contributed by atoms with Gasteiger partial charge in [0.05, 0.1) is 0 Å². The number of rotatable bonds is 3. The van der Waals surface area contributed by atoms with E-state index < -0.39 is 24.3 Å². The van der Waals surface area contributed by atoms with Crippen LogP contribution in [0.4, 0.5) is 26.3 Å². The molecule has 0 spiro atoms. The number of likely N-dealkylation sites (N-methyl/N-ethyl adjacent to an activating group) is 1. The average molecular weight is 444 g/mol. The molecule has 2 unspecified atom stereocenters. The van der Waals surface area contributed by atoms with Crippen LogP contribution < -0.4 is 5.32 Å². The molecule has 3 rings (SSSR count). The molecule has 1 aromatic carbocycles. The van der Waals surface area contributed by atoms with Gasteiger partial charge in [0, 0.05) is 24.7 Å². The van der Waals surface area contributed by atoms with Crippen LogP contribution in [0.5, 0.6) is 0 Å². The second kappa shape index (κ2) is 10.6. The van der Waals surface area contributed by atoms with Gasteiger partial charge in [-0.1, -0.05) is 30.3 Å². The molecule has 170 valence electrons. The molecule has 2 heterocycles. The summed E-state index contributed by atoms with van der Waals surface area (Å²) in [6, 6.07) is 13.1. The molecule has 0 radical (unpaired) electrons. The van der Waals surface area contributed by atoms with E-state index in [9.17, 15) is 26.3 Å². The van der Waals surface area contributed by atoms with Crippen molar-refractivity contribution in [3.63, 3.8) is 0 Å². The van der Waals surface area contributed by atoms with E-state index in [0.29, 0.717) is 0 Å². The number of hydrogen-bond acceptors (Lipinski definition) is 4. The minimum absolute atomic E-state index is 0.749. The Labute approximate surface area is 168 Å². The summed E-state index contributed by atoms with van der Waals surface area (Å²) < 4.78 is 63.5. The molecule has 2 bridgehead atoms. The molecule has 12 heteroatoms. The predicted octanol–water partition coefficient (Wildman–Crippen LogP) is 3.28. The van der Waals surface area contributed by atoms with Crippen molar-refractivity contribution < 1.29 is 46.1 Å². The van der Waals surface area contributed by atoms with Crippen LogP contribution in [0.2, 0.25) is 0 Å². The standard InChI is InChI=1S/C14H20N2.2C2HF3O2/c1-16(10-11-5-3-2-4-6-11)14-9-12-7-8-13(14)15-12;2*3-2(4,5)1(6)7/h2-6,12-15H,7-10H2,1H3;2*(H,6,7)/t12?,13?,14-;;/m1../s1. The maximum Gasteiger partial charge on any atom is 0.490 e. The molecule has 1 aromatic rings. The van der Waals surface area contributed by atoms with Gasteiger partial charge in [0.25, 0.3) is 0 Å². The average Bonchev–Trinajstić information content (AvgIpc) is 3.25. The highest BCUT2D eigenvalue weighted by Crippen LogP contribution is 2.31. The molecular formula is C18H22F6N2O4. The van der Waals surface area contributed by atoms with E-state index in [1.807, 2.05) is 0 Å².